The Labute approximate surface area is 179 Å². The molecule has 0 radical (unpaired) electrons. The van der Waals surface area contributed by atoms with Crippen molar-refractivity contribution in [2.75, 3.05) is 17.7 Å². The predicted octanol–water partition coefficient (Wildman–Crippen LogP) is 4.39. The van der Waals surface area contributed by atoms with Gasteiger partial charge in [-0.3, -0.25) is 9.59 Å². The number of benzene rings is 3. The van der Waals surface area contributed by atoms with E-state index in [1.54, 1.807) is 66.5 Å². The van der Waals surface area contributed by atoms with Gasteiger partial charge in [0.1, 0.15) is 5.75 Å². The van der Waals surface area contributed by atoms with E-state index in [0.29, 0.717) is 28.3 Å². The van der Waals surface area contributed by atoms with Gasteiger partial charge in [0.05, 0.1) is 18.5 Å². The number of para-hydroxylation sites is 2. The monoisotopic (exact) mass is 412 g/mol. The Balaban J connectivity index is 1.40. The van der Waals surface area contributed by atoms with Crippen LogP contribution in [0.4, 0.5) is 11.4 Å². The van der Waals surface area contributed by atoms with Crippen molar-refractivity contribution >= 4 is 23.2 Å². The Bertz CT molecular complexity index is 1180. The van der Waals surface area contributed by atoms with E-state index in [4.69, 9.17) is 4.74 Å². The molecule has 7 nitrogen and oxygen atoms in total. The summed E-state index contributed by atoms with van der Waals surface area (Å²) in [5.74, 6) is 0.0770. The quantitative estimate of drug-likeness (QED) is 0.492. The van der Waals surface area contributed by atoms with Gasteiger partial charge in [-0.25, -0.2) is 4.68 Å². The van der Waals surface area contributed by atoms with Crippen molar-refractivity contribution in [3.05, 3.63) is 102 Å². The van der Waals surface area contributed by atoms with Crippen LogP contribution in [-0.2, 0) is 0 Å². The van der Waals surface area contributed by atoms with Crippen molar-refractivity contribution in [2.45, 2.75) is 0 Å². The van der Waals surface area contributed by atoms with E-state index < -0.39 is 0 Å². The van der Waals surface area contributed by atoms with Gasteiger partial charge in [-0.2, -0.15) is 5.10 Å². The van der Waals surface area contributed by atoms with E-state index in [2.05, 4.69) is 15.7 Å². The van der Waals surface area contributed by atoms with Crippen LogP contribution in [0.2, 0.25) is 0 Å². The van der Waals surface area contributed by atoms with E-state index in [1.807, 2.05) is 36.5 Å². The van der Waals surface area contributed by atoms with Crippen LogP contribution in [0, 0.1) is 0 Å². The van der Waals surface area contributed by atoms with Crippen molar-refractivity contribution in [1.82, 2.24) is 9.78 Å². The fourth-order valence-electron chi connectivity index (χ4n) is 3.04. The number of hydrogen-bond acceptors (Lipinski definition) is 4. The molecule has 2 amide bonds. The zero-order valence-corrected chi connectivity index (χ0v) is 16.8. The Kier molecular flexibility index (Phi) is 5.75. The zero-order valence-electron chi connectivity index (χ0n) is 16.8. The lowest BCUT2D eigenvalue weighted by Crippen LogP contribution is -2.14. The zero-order chi connectivity index (χ0) is 21.6. The maximum Gasteiger partial charge on any atom is 0.255 e. The molecule has 0 saturated heterocycles. The van der Waals surface area contributed by atoms with Crippen LogP contribution in [0.3, 0.4) is 0 Å². The number of nitrogens with zero attached hydrogens (tertiary/aromatic N) is 2. The molecule has 3 aromatic carbocycles. The molecule has 4 rings (SSSR count). The summed E-state index contributed by atoms with van der Waals surface area (Å²) in [6.45, 7) is 0. The van der Waals surface area contributed by atoms with Gasteiger partial charge in [-0.1, -0.05) is 12.1 Å². The van der Waals surface area contributed by atoms with E-state index in [0.717, 1.165) is 5.69 Å². The van der Waals surface area contributed by atoms with Crippen LogP contribution >= 0.6 is 0 Å². The van der Waals surface area contributed by atoms with Crippen LogP contribution in [0.5, 0.6) is 5.75 Å². The average Bonchev–Trinajstić information content (AvgIpc) is 3.35. The summed E-state index contributed by atoms with van der Waals surface area (Å²) in [6.07, 6.45) is 3.53. The number of nitrogens with one attached hydrogen (secondary N) is 2. The fourth-order valence-corrected chi connectivity index (χ4v) is 3.04. The summed E-state index contributed by atoms with van der Waals surface area (Å²) < 4.78 is 6.97. The molecule has 1 heterocycles. The van der Waals surface area contributed by atoms with Crippen molar-refractivity contribution < 1.29 is 14.3 Å². The highest BCUT2D eigenvalue weighted by Crippen LogP contribution is 2.24. The minimum absolute atomic E-state index is 0.238. The molecular formula is C24H20N4O3. The Morgan fingerprint density at radius 1 is 0.806 bits per heavy atom. The van der Waals surface area contributed by atoms with Gasteiger partial charge in [0, 0.05) is 29.2 Å². The molecule has 7 heteroatoms. The van der Waals surface area contributed by atoms with Crippen LogP contribution in [0.25, 0.3) is 5.69 Å². The molecule has 154 valence electrons. The lowest BCUT2D eigenvalue weighted by molar-refractivity contribution is 0.101. The Morgan fingerprint density at radius 3 is 2.10 bits per heavy atom. The minimum atomic E-state index is -0.267. The normalized spacial score (nSPS) is 10.4. The maximum atomic E-state index is 12.5. The number of hydrogen-bond donors (Lipinski definition) is 2. The number of carbonyl (C=O) groups excluding carboxylic acids is 2. The van der Waals surface area contributed by atoms with Crippen molar-refractivity contribution in [3.8, 4) is 11.4 Å². The molecule has 0 unspecified atom stereocenters. The molecule has 0 atom stereocenters. The van der Waals surface area contributed by atoms with Crippen LogP contribution in [0.15, 0.2) is 91.3 Å². The molecule has 0 bridgehead atoms. The second-order valence-electron chi connectivity index (χ2n) is 6.68. The van der Waals surface area contributed by atoms with Gasteiger partial charge in [0.15, 0.2) is 0 Å². The maximum absolute atomic E-state index is 12.5. The molecule has 0 spiro atoms. The molecular weight excluding hydrogens is 392 g/mol. The first-order chi connectivity index (χ1) is 15.1. The highest BCUT2D eigenvalue weighted by molar-refractivity contribution is 6.06. The first-order valence-electron chi connectivity index (χ1n) is 9.60. The largest absolute Gasteiger partial charge is 0.495 e. The number of ether oxygens (including phenoxy) is 1. The molecule has 0 saturated carbocycles. The third-order valence-electron chi connectivity index (χ3n) is 4.66. The Hall–Kier alpha value is -4.39. The first-order valence-corrected chi connectivity index (χ1v) is 9.60. The third-order valence-corrected chi connectivity index (χ3v) is 4.66. The number of methoxy groups -OCH3 is 1. The summed E-state index contributed by atoms with van der Waals surface area (Å²) in [6, 6.07) is 22.8. The van der Waals surface area contributed by atoms with Gasteiger partial charge < -0.3 is 15.4 Å². The van der Waals surface area contributed by atoms with Crippen LogP contribution < -0.4 is 15.4 Å². The van der Waals surface area contributed by atoms with Gasteiger partial charge in [-0.15, -0.1) is 0 Å². The second-order valence-corrected chi connectivity index (χ2v) is 6.68. The predicted molar refractivity (Wildman–Crippen MR) is 119 cm³/mol. The molecule has 1 aromatic heterocycles. The first kappa shape index (κ1) is 19.9. The topological polar surface area (TPSA) is 85.3 Å². The van der Waals surface area contributed by atoms with Crippen LogP contribution in [-0.4, -0.2) is 28.7 Å². The molecule has 0 fully saturated rings. The number of rotatable bonds is 6. The molecule has 31 heavy (non-hydrogen) atoms. The van der Waals surface area contributed by atoms with Crippen molar-refractivity contribution in [2.24, 2.45) is 0 Å². The Morgan fingerprint density at radius 2 is 1.45 bits per heavy atom. The molecule has 2 N–H and O–H groups in total. The molecule has 0 aliphatic carbocycles. The number of carbonyl (C=O) groups is 2. The number of aromatic nitrogens is 2. The second kappa shape index (κ2) is 8.96. The van der Waals surface area contributed by atoms with E-state index >= 15 is 0 Å². The van der Waals surface area contributed by atoms with E-state index in [1.165, 1.54) is 0 Å². The number of amides is 2. The van der Waals surface area contributed by atoms with Gasteiger partial charge in [0.2, 0.25) is 0 Å². The highest BCUT2D eigenvalue weighted by atomic mass is 16.5. The summed E-state index contributed by atoms with van der Waals surface area (Å²) in [4.78, 5) is 25.0. The number of anilines is 2. The standard InChI is InChI=1S/C24H20N4O3/c1-31-22-6-3-2-5-21(22)27-24(30)17-7-11-19(12-8-17)26-23(29)18-9-13-20(14-10-18)28-16-4-15-25-28/h2-16H,1H3,(H,26,29)(H,27,30). The average molecular weight is 412 g/mol. The van der Waals surface area contributed by atoms with Gasteiger partial charge in [-0.05, 0) is 66.7 Å². The third kappa shape index (κ3) is 4.62. The molecule has 0 aliphatic heterocycles. The van der Waals surface area contributed by atoms with Gasteiger partial charge in [0.25, 0.3) is 11.8 Å². The van der Waals surface area contributed by atoms with E-state index in [-0.39, 0.29) is 11.8 Å². The minimum Gasteiger partial charge on any atom is -0.495 e. The van der Waals surface area contributed by atoms with Crippen molar-refractivity contribution in [1.29, 1.82) is 0 Å². The molecule has 4 aromatic rings. The lowest BCUT2D eigenvalue weighted by Gasteiger charge is -2.10. The fraction of sp³-hybridized carbons (Fsp3) is 0.0417. The van der Waals surface area contributed by atoms with Gasteiger partial charge >= 0.3 is 0 Å². The van der Waals surface area contributed by atoms with Crippen LogP contribution in [0.1, 0.15) is 20.7 Å². The summed E-state index contributed by atoms with van der Waals surface area (Å²) in [5, 5.41) is 9.82. The highest BCUT2D eigenvalue weighted by Gasteiger charge is 2.11. The SMILES string of the molecule is COc1ccccc1NC(=O)c1ccc(NC(=O)c2ccc(-n3cccn3)cc2)cc1. The van der Waals surface area contributed by atoms with E-state index in [9.17, 15) is 9.59 Å². The summed E-state index contributed by atoms with van der Waals surface area (Å²) >= 11 is 0. The smallest absolute Gasteiger partial charge is 0.255 e. The lowest BCUT2D eigenvalue weighted by atomic mass is 10.1. The molecule has 0 aliphatic rings. The summed E-state index contributed by atoms with van der Waals surface area (Å²) in [5.41, 5.74) is 3.04. The van der Waals surface area contributed by atoms with Crippen molar-refractivity contribution in [3.63, 3.8) is 0 Å². The summed E-state index contributed by atoms with van der Waals surface area (Å²) in [7, 11) is 1.55.